The van der Waals surface area contributed by atoms with Crippen molar-refractivity contribution in [1.29, 1.82) is 0 Å². The van der Waals surface area contributed by atoms with Crippen molar-refractivity contribution < 1.29 is 9.72 Å². The Bertz CT molecular complexity index is 737. The Hall–Kier alpha value is -1.38. The van der Waals surface area contributed by atoms with Crippen LogP contribution in [0.15, 0.2) is 36.4 Å². The van der Waals surface area contributed by atoms with Crippen molar-refractivity contribution in [2.75, 3.05) is 5.32 Å². The number of anilines is 1. The summed E-state index contributed by atoms with van der Waals surface area (Å²) in [6.45, 7) is 0. The van der Waals surface area contributed by atoms with E-state index < -0.39 is 10.8 Å². The van der Waals surface area contributed by atoms with E-state index in [0.717, 1.165) is 3.57 Å². The van der Waals surface area contributed by atoms with Gasteiger partial charge in [0.1, 0.15) is 5.69 Å². The van der Waals surface area contributed by atoms with Crippen molar-refractivity contribution in [2.45, 2.75) is 0 Å². The minimum Gasteiger partial charge on any atom is -0.316 e. The second kappa shape index (κ2) is 6.59. The van der Waals surface area contributed by atoms with E-state index in [1.165, 1.54) is 18.2 Å². The largest absolute Gasteiger partial charge is 0.316 e. The van der Waals surface area contributed by atoms with Crippen LogP contribution in [0.25, 0.3) is 0 Å². The highest BCUT2D eigenvalue weighted by Crippen LogP contribution is 2.29. The second-order valence-corrected chi connectivity index (χ2v) is 6.09. The minimum atomic E-state index is -0.613. The van der Waals surface area contributed by atoms with Gasteiger partial charge in [-0.15, -0.1) is 0 Å². The maximum Gasteiger partial charge on any atom is 0.294 e. The third-order valence-corrected chi connectivity index (χ3v) is 3.81. The lowest BCUT2D eigenvalue weighted by Gasteiger charge is -2.08. The topological polar surface area (TPSA) is 72.2 Å². The van der Waals surface area contributed by atoms with Gasteiger partial charge in [0.25, 0.3) is 11.6 Å². The van der Waals surface area contributed by atoms with Gasteiger partial charge in [0.2, 0.25) is 0 Å². The van der Waals surface area contributed by atoms with Gasteiger partial charge in [-0.1, -0.05) is 23.2 Å². The highest BCUT2D eigenvalue weighted by molar-refractivity contribution is 14.1. The Kier molecular flexibility index (Phi) is 5.02. The zero-order chi connectivity index (χ0) is 15.6. The first kappa shape index (κ1) is 16.0. The number of rotatable bonds is 3. The van der Waals surface area contributed by atoms with Crippen LogP contribution in [0.5, 0.6) is 0 Å². The highest BCUT2D eigenvalue weighted by Gasteiger charge is 2.18. The maximum absolute atomic E-state index is 12.2. The predicted octanol–water partition coefficient (Wildman–Crippen LogP) is 4.76. The average molecular weight is 437 g/mol. The number of nitro benzene ring substituents is 1. The molecular weight excluding hydrogens is 430 g/mol. The number of halogens is 3. The maximum atomic E-state index is 12.2. The van der Waals surface area contributed by atoms with E-state index in [1.807, 2.05) is 22.6 Å². The summed E-state index contributed by atoms with van der Waals surface area (Å²) in [5.74, 6) is -0.524. The summed E-state index contributed by atoms with van der Waals surface area (Å²) in [7, 11) is 0. The van der Waals surface area contributed by atoms with Gasteiger partial charge in [-0.25, -0.2) is 0 Å². The standard InChI is InChI=1S/C13H7Cl2IN2O3/c14-7-1-4-11(12(5-7)18(20)21)17-13(19)9-6-8(16)2-3-10(9)15/h1-6H,(H,17,19). The molecule has 0 saturated carbocycles. The number of nitrogens with zero attached hydrogens (tertiary/aromatic N) is 1. The molecule has 0 saturated heterocycles. The molecular formula is C13H7Cl2IN2O3. The molecule has 0 bridgehead atoms. The van der Waals surface area contributed by atoms with Crippen molar-refractivity contribution in [1.82, 2.24) is 0 Å². The van der Waals surface area contributed by atoms with E-state index in [4.69, 9.17) is 23.2 Å². The summed E-state index contributed by atoms with van der Waals surface area (Å²) in [5.41, 5.74) is 0.0229. The van der Waals surface area contributed by atoms with Gasteiger partial charge in [-0.05, 0) is 52.9 Å². The van der Waals surface area contributed by atoms with Crippen molar-refractivity contribution in [3.8, 4) is 0 Å². The molecule has 5 nitrogen and oxygen atoms in total. The van der Waals surface area contributed by atoms with Crippen LogP contribution in [-0.2, 0) is 0 Å². The van der Waals surface area contributed by atoms with Crippen LogP contribution in [0.2, 0.25) is 10.0 Å². The fourth-order valence-corrected chi connectivity index (χ4v) is 2.48. The quantitative estimate of drug-likeness (QED) is 0.428. The molecule has 108 valence electrons. The average Bonchev–Trinajstić information content (AvgIpc) is 2.43. The Labute approximate surface area is 143 Å². The summed E-state index contributed by atoms with van der Waals surface area (Å²) in [4.78, 5) is 22.6. The number of carbonyl (C=O) groups excluding carboxylic acids is 1. The van der Waals surface area contributed by atoms with Gasteiger partial charge < -0.3 is 5.32 Å². The molecule has 2 rings (SSSR count). The normalized spacial score (nSPS) is 10.2. The number of nitro groups is 1. The van der Waals surface area contributed by atoms with Crippen LogP contribution < -0.4 is 5.32 Å². The van der Waals surface area contributed by atoms with Gasteiger partial charge in [0.15, 0.2) is 0 Å². The van der Waals surface area contributed by atoms with Crippen LogP contribution in [0.4, 0.5) is 11.4 Å². The highest BCUT2D eigenvalue weighted by atomic mass is 127. The third kappa shape index (κ3) is 3.84. The van der Waals surface area contributed by atoms with Crippen molar-refractivity contribution in [3.63, 3.8) is 0 Å². The molecule has 0 radical (unpaired) electrons. The monoisotopic (exact) mass is 436 g/mol. The lowest BCUT2D eigenvalue weighted by Crippen LogP contribution is -2.14. The number of hydrogen-bond acceptors (Lipinski definition) is 3. The lowest BCUT2D eigenvalue weighted by molar-refractivity contribution is -0.383. The van der Waals surface area contributed by atoms with Crippen LogP contribution in [0, 0.1) is 13.7 Å². The Balaban J connectivity index is 2.36. The van der Waals surface area contributed by atoms with E-state index >= 15 is 0 Å². The van der Waals surface area contributed by atoms with Crippen LogP contribution in [0.3, 0.4) is 0 Å². The number of benzene rings is 2. The number of nitrogens with one attached hydrogen (secondary N) is 1. The Morgan fingerprint density at radius 3 is 2.57 bits per heavy atom. The predicted molar refractivity (Wildman–Crippen MR) is 90.2 cm³/mol. The molecule has 0 aliphatic heterocycles. The van der Waals surface area contributed by atoms with Gasteiger partial charge in [0.05, 0.1) is 15.5 Å². The van der Waals surface area contributed by atoms with Crippen molar-refractivity contribution >= 4 is 63.1 Å². The van der Waals surface area contributed by atoms with Crippen molar-refractivity contribution in [2.24, 2.45) is 0 Å². The molecule has 21 heavy (non-hydrogen) atoms. The molecule has 8 heteroatoms. The van der Waals surface area contributed by atoms with E-state index in [9.17, 15) is 14.9 Å². The van der Waals surface area contributed by atoms with Crippen LogP contribution in [-0.4, -0.2) is 10.8 Å². The summed E-state index contributed by atoms with van der Waals surface area (Å²) in [6, 6.07) is 8.95. The molecule has 0 aromatic heterocycles. The third-order valence-electron chi connectivity index (χ3n) is 2.58. The van der Waals surface area contributed by atoms with E-state index in [2.05, 4.69) is 5.32 Å². The molecule has 1 N–H and O–H groups in total. The fraction of sp³-hybridized carbons (Fsp3) is 0. The van der Waals surface area contributed by atoms with Crippen LogP contribution in [0.1, 0.15) is 10.4 Å². The van der Waals surface area contributed by atoms with E-state index in [1.54, 1.807) is 18.2 Å². The molecule has 0 fully saturated rings. The first-order valence-corrected chi connectivity index (χ1v) is 7.42. The Morgan fingerprint density at radius 1 is 1.19 bits per heavy atom. The second-order valence-electron chi connectivity index (χ2n) is 4.00. The molecule has 0 atom stereocenters. The fourth-order valence-electron chi connectivity index (χ4n) is 1.62. The SMILES string of the molecule is O=C(Nc1ccc(Cl)cc1[N+](=O)[O-])c1cc(I)ccc1Cl. The van der Waals surface area contributed by atoms with Crippen molar-refractivity contribution in [3.05, 3.63) is 65.7 Å². The molecule has 2 aromatic carbocycles. The van der Waals surface area contributed by atoms with Gasteiger partial charge in [-0.3, -0.25) is 14.9 Å². The zero-order valence-electron chi connectivity index (χ0n) is 10.3. The molecule has 2 aromatic rings. The molecule has 0 heterocycles. The molecule has 0 aliphatic carbocycles. The van der Waals surface area contributed by atoms with Gasteiger partial charge in [-0.2, -0.15) is 0 Å². The summed E-state index contributed by atoms with van der Waals surface area (Å²) >= 11 is 13.7. The van der Waals surface area contributed by atoms with E-state index in [-0.39, 0.29) is 27.0 Å². The summed E-state index contributed by atoms with van der Waals surface area (Å²) in [5, 5.41) is 13.9. The van der Waals surface area contributed by atoms with E-state index in [0.29, 0.717) is 0 Å². The minimum absolute atomic E-state index is 0.0596. The molecule has 1 amide bonds. The van der Waals surface area contributed by atoms with Gasteiger partial charge >= 0.3 is 0 Å². The number of carbonyl (C=O) groups is 1. The first-order chi connectivity index (χ1) is 9.88. The molecule has 0 unspecified atom stereocenters. The summed E-state index contributed by atoms with van der Waals surface area (Å²) in [6.07, 6.45) is 0. The summed E-state index contributed by atoms with van der Waals surface area (Å²) < 4.78 is 0.827. The number of amides is 1. The first-order valence-electron chi connectivity index (χ1n) is 5.59. The Morgan fingerprint density at radius 2 is 1.90 bits per heavy atom. The zero-order valence-corrected chi connectivity index (χ0v) is 13.9. The molecule has 0 spiro atoms. The number of hydrogen-bond donors (Lipinski definition) is 1. The molecule has 0 aliphatic rings. The van der Waals surface area contributed by atoms with Gasteiger partial charge in [0, 0.05) is 14.7 Å². The lowest BCUT2D eigenvalue weighted by atomic mass is 10.2. The smallest absolute Gasteiger partial charge is 0.294 e. The van der Waals surface area contributed by atoms with Crippen LogP contribution >= 0.6 is 45.8 Å².